The van der Waals surface area contributed by atoms with Gasteiger partial charge < -0.3 is 14.1 Å². The highest BCUT2D eigenvalue weighted by atomic mass is 32.2. The van der Waals surface area contributed by atoms with Crippen LogP contribution in [-0.2, 0) is 26.1 Å². The molecule has 8 heteroatoms. The maximum Gasteiger partial charge on any atom is 0.238 e. The van der Waals surface area contributed by atoms with E-state index >= 15 is 0 Å². The van der Waals surface area contributed by atoms with Crippen LogP contribution in [0.1, 0.15) is 38.9 Å². The summed E-state index contributed by atoms with van der Waals surface area (Å²) >= 11 is 0. The van der Waals surface area contributed by atoms with Gasteiger partial charge in [-0.3, -0.25) is 4.79 Å². The first-order valence-corrected chi connectivity index (χ1v) is 10.5. The molecule has 0 saturated carbocycles. The Hall–Kier alpha value is -1.38. The van der Waals surface area contributed by atoms with Gasteiger partial charge >= 0.3 is 0 Å². The molecule has 0 aliphatic carbocycles. The third-order valence-corrected chi connectivity index (χ3v) is 6.10. The number of sulfonamides is 1. The van der Waals surface area contributed by atoms with Crippen LogP contribution in [0.2, 0.25) is 0 Å². The number of nitrogens with zero attached hydrogens (tertiary/aromatic N) is 2. The summed E-state index contributed by atoms with van der Waals surface area (Å²) in [5.41, 5.74) is 0. The standard InChI is InChI=1S/C17H28N2O5S/c1-3-9-19(25(21,22)4-2)14-17(20)18(12-15-7-5-10-23-15)13-16-8-6-11-24-16/h5,7,10,16H,3-4,6,8-9,11-14H2,1-2H3. The van der Waals surface area contributed by atoms with Gasteiger partial charge in [0.25, 0.3) is 0 Å². The van der Waals surface area contributed by atoms with E-state index in [2.05, 4.69) is 0 Å². The maximum absolute atomic E-state index is 12.8. The molecule has 0 aromatic carbocycles. The lowest BCUT2D eigenvalue weighted by molar-refractivity contribution is -0.134. The van der Waals surface area contributed by atoms with Crippen molar-refractivity contribution in [1.29, 1.82) is 0 Å². The van der Waals surface area contributed by atoms with Crippen molar-refractivity contribution >= 4 is 15.9 Å². The minimum absolute atomic E-state index is 0.00122. The highest BCUT2D eigenvalue weighted by molar-refractivity contribution is 7.89. The first kappa shape index (κ1) is 19.9. The molecule has 1 aromatic heterocycles. The van der Waals surface area contributed by atoms with Gasteiger partial charge in [-0.15, -0.1) is 0 Å². The molecule has 2 heterocycles. The third-order valence-electron chi connectivity index (χ3n) is 4.27. The summed E-state index contributed by atoms with van der Waals surface area (Å²) in [7, 11) is -3.41. The Bertz CT molecular complexity index is 623. The molecule has 142 valence electrons. The Kier molecular flexibility index (Phi) is 7.46. The predicted octanol–water partition coefficient (Wildman–Crippen LogP) is 1.85. The first-order valence-electron chi connectivity index (χ1n) is 8.85. The molecule has 1 aliphatic rings. The molecule has 1 amide bonds. The van der Waals surface area contributed by atoms with Crippen LogP contribution in [0.3, 0.4) is 0 Å². The number of hydrogen-bond donors (Lipinski definition) is 0. The van der Waals surface area contributed by atoms with E-state index in [1.54, 1.807) is 24.2 Å². The van der Waals surface area contributed by atoms with E-state index in [0.29, 0.717) is 38.4 Å². The lowest BCUT2D eigenvalue weighted by Crippen LogP contribution is -2.45. The van der Waals surface area contributed by atoms with E-state index < -0.39 is 10.0 Å². The molecule has 2 rings (SSSR count). The molecule has 1 fully saturated rings. The molecule has 1 atom stereocenters. The van der Waals surface area contributed by atoms with Crippen LogP contribution >= 0.6 is 0 Å². The van der Waals surface area contributed by atoms with Gasteiger partial charge in [0.15, 0.2) is 0 Å². The smallest absolute Gasteiger partial charge is 0.238 e. The van der Waals surface area contributed by atoms with E-state index in [1.165, 1.54) is 4.31 Å². The van der Waals surface area contributed by atoms with Gasteiger partial charge in [0.1, 0.15) is 5.76 Å². The van der Waals surface area contributed by atoms with Gasteiger partial charge in [-0.1, -0.05) is 6.92 Å². The molecular formula is C17H28N2O5S. The quantitative estimate of drug-likeness (QED) is 0.626. The second-order valence-corrected chi connectivity index (χ2v) is 8.48. The van der Waals surface area contributed by atoms with Crippen LogP contribution in [0.5, 0.6) is 0 Å². The molecule has 0 bridgehead atoms. The summed E-state index contributed by atoms with van der Waals surface area (Å²) in [4.78, 5) is 14.5. The highest BCUT2D eigenvalue weighted by Gasteiger charge is 2.28. The zero-order chi connectivity index (χ0) is 18.3. The number of hydrogen-bond acceptors (Lipinski definition) is 5. The molecule has 25 heavy (non-hydrogen) atoms. The molecule has 1 unspecified atom stereocenters. The van der Waals surface area contributed by atoms with Crippen LogP contribution in [0.25, 0.3) is 0 Å². The number of amides is 1. The Balaban J connectivity index is 2.09. The van der Waals surface area contributed by atoms with Gasteiger partial charge in [-0.25, -0.2) is 8.42 Å². The molecule has 1 aliphatic heterocycles. The van der Waals surface area contributed by atoms with Crippen molar-refractivity contribution in [3.63, 3.8) is 0 Å². The minimum Gasteiger partial charge on any atom is -0.467 e. The lowest BCUT2D eigenvalue weighted by Gasteiger charge is -2.28. The van der Waals surface area contributed by atoms with Crippen molar-refractivity contribution in [2.45, 2.75) is 45.8 Å². The fourth-order valence-electron chi connectivity index (χ4n) is 2.88. The number of carbonyl (C=O) groups excluding carboxylic acids is 1. The van der Waals surface area contributed by atoms with Crippen molar-refractivity contribution in [3.05, 3.63) is 24.2 Å². The topological polar surface area (TPSA) is 80.1 Å². The predicted molar refractivity (Wildman–Crippen MR) is 94.4 cm³/mol. The van der Waals surface area contributed by atoms with Crippen molar-refractivity contribution in [1.82, 2.24) is 9.21 Å². The van der Waals surface area contributed by atoms with Crippen molar-refractivity contribution in [2.75, 3.05) is 32.0 Å². The Morgan fingerprint density at radius 2 is 2.16 bits per heavy atom. The highest BCUT2D eigenvalue weighted by Crippen LogP contribution is 2.16. The van der Waals surface area contributed by atoms with E-state index in [0.717, 1.165) is 12.8 Å². The molecular weight excluding hydrogens is 344 g/mol. The van der Waals surface area contributed by atoms with E-state index in [9.17, 15) is 13.2 Å². The van der Waals surface area contributed by atoms with Gasteiger partial charge in [-0.05, 0) is 38.3 Å². The summed E-state index contributed by atoms with van der Waals surface area (Å²) in [6.45, 7) is 5.17. The minimum atomic E-state index is -3.41. The van der Waals surface area contributed by atoms with Crippen LogP contribution in [0.15, 0.2) is 22.8 Å². The monoisotopic (exact) mass is 372 g/mol. The average Bonchev–Trinajstić information content (AvgIpc) is 3.27. The zero-order valence-electron chi connectivity index (χ0n) is 15.0. The van der Waals surface area contributed by atoms with E-state index in [4.69, 9.17) is 9.15 Å². The van der Waals surface area contributed by atoms with Crippen molar-refractivity contribution in [2.24, 2.45) is 0 Å². The maximum atomic E-state index is 12.8. The second-order valence-electron chi connectivity index (χ2n) is 6.22. The molecule has 0 spiro atoms. The van der Waals surface area contributed by atoms with Crippen LogP contribution in [0.4, 0.5) is 0 Å². The summed E-state index contributed by atoms with van der Waals surface area (Å²) < 4.78 is 36.7. The average molecular weight is 372 g/mol. The summed E-state index contributed by atoms with van der Waals surface area (Å²) in [5.74, 6) is 0.439. The molecule has 0 radical (unpaired) electrons. The fourth-order valence-corrected chi connectivity index (χ4v) is 4.01. The third kappa shape index (κ3) is 5.83. The normalized spacial score (nSPS) is 18.0. The molecule has 1 saturated heterocycles. The van der Waals surface area contributed by atoms with E-state index in [1.807, 2.05) is 13.0 Å². The first-order chi connectivity index (χ1) is 12.0. The largest absolute Gasteiger partial charge is 0.467 e. The van der Waals surface area contributed by atoms with Gasteiger partial charge in [0, 0.05) is 19.7 Å². The van der Waals surface area contributed by atoms with Gasteiger partial charge in [0.2, 0.25) is 15.9 Å². The van der Waals surface area contributed by atoms with E-state index in [-0.39, 0.29) is 24.3 Å². The van der Waals surface area contributed by atoms with Crippen molar-refractivity contribution in [3.8, 4) is 0 Å². The fraction of sp³-hybridized carbons (Fsp3) is 0.706. The van der Waals surface area contributed by atoms with Gasteiger partial charge in [0.05, 0.1) is 31.2 Å². The summed E-state index contributed by atoms with van der Waals surface area (Å²) in [5, 5.41) is 0. The van der Waals surface area contributed by atoms with Gasteiger partial charge in [-0.2, -0.15) is 4.31 Å². The molecule has 1 aromatic rings. The Morgan fingerprint density at radius 3 is 2.72 bits per heavy atom. The van der Waals surface area contributed by atoms with Crippen LogP contribution in [0, 0.1) is 0 Å². The number of furan rings is 1. The molecule has 7 nitrogen and oxygen atoms in total. The summed E-state index contributed by atoms with van der Waals surface area (Å²) in [6.07, 6.45) is 4.13. The summed E-state index contributed by atoms with van der Waals surface area (Å²) in [6, 6.07) is 3.58. The van der Waals surface area contributed by atoms with Crippen LogP contribution < -0.4 is 0 Å². The second kappa shape index (κ2) is 9.35. The Labute approximate surface area is 150 Å². The number of carbonyl (C=O) groups is 1. The SMILES string of the molecule is CCCN(CC(=O)N(Cc1ccco1)CC1CCCO1)S(=O)(=O)CC. The zero-order valence-corrected chi connectivity index (χ0v) is 15.8. The van der Waals surface area contributed by atoms with Crippen molar-refractivity contribution < 1.29 is 22.4 Å². The number of ether oxygens (including phenoxy) is 1. The lowest BCUT2D eigenvalue weighted by atomic mass is 10.2. The number of rotatable bonds is 10. The molecule has 0 N–H and O–H groups in total. The van der Waals surface area contributed by atoms with Crippen LogP contribution in [-0.4, -0.2) is 61.6 Å². The Morgan fingerprint density at radius 1 is 1.36 bits per heavy atom.